The van der Waals surface area contributed by atoms with E-state index < -0.39 is 19.5 Å². The molecule has 0 bridgehead atoms. The van der Waals surface area contributed by atoms with Gasteiger partial charge < -0.3 is 9.26 Å². The minimum absolute atomic E-state index is 0.357. The van der Waals surface area contributed by atoms with E-state index in [1.165, 1.54) is 0 Å². The summed E-state index contributed by atoms with van der Waals surface area (Å²) < 4.78 is 26.9. The summed E-state index contributed by atoms with van der Waals surface area (Å²) in [5.41, 5.74) is 1.70. The van der Waals surface area contributed by atoms with Crippen LogP contribution in [-0.4, -0.2) is 35.0 Å². The molecule has 150 valence electrons. The summed E-state index contributed by atoms with van der Waals surface area (Å²) in [6.45, 7) is 2.75. The highest BCUT2D eigenvalue weighted by Crippen LogP contribution is 2.54. The van der Waals surface area contributed by atoms with Crippen LogP contribution in [0.4, 0.5) is 0 Å². The minimum Gasteiger partial charge on any atom is -0.457 e. The molecule has 0 radical (unpaired) electrons. The Hall–Kier alpha value is -2.18. The van der Waals surface area contributed by atoms with Crippen LogP contribution in [0, 0.1) is 0 Å². The lowest BCUT2D eigenvalue weighted by Gasteiger charge is -2.39. The van der Waals surface area contributed by atoms with Gasteiger partial charge in [0.05, 0.1) is 18.0 Å². The summed E-state index contributed by atoms with van der Waals surface area (Å²) in [4.78, 5) is 12.2. The molecule has 2 aromatic carbocycles. The molecule has 0 spiro atoms. The first-order chi connectivity index (χ1) is 13.6. The van der Waals surface area contributed by atoms with Gasteiger partial charge in [0.2, 0.25) is 0 Å². The maximum Gasteiger partial charge on any atom is 0.303 e. The molecule has 1 unspecified atom stereocenters. The summed E-state index contributed by atoms with van der Waals surface area (Å²) in [5.74, 6) is 0.750. The number of hydrogen-bond acceptors (Lipinski definition) is 5. The van der Waals surface area contributed by atoms with Gasteiger partial charge in [0.25, 0.3) is 5.91 Å². The Bertz CT molecular complexity index is 828. The standard InChI is InChI=1S/C20H25N2O5P/c1-2-7-19(20(23)21-24)22-14-6-15-26-28(22,25)18-12-10-17(11-13-18)27-16-8-4-3-5-9-16/h3-5,8-13,19,24H,2,6-7,14-15H2,1H3,(H,21,23)/t19-,28?/m1/s1. The van der Waals surface area contributed by atoms with E-state index in [1.54, 1.807) is 34.4 Å². The molecule has 0 aromatic heterocycles. The second-order valence-electron chi connectivity index (χ2n) is 6.56. The fraction of sp³-hybridized carbons (Fsp3) is 0.350. The van der Waals surface area contributed by atoms with Crippen LogP contribution in [-0.2, 0) is 13.9 Å². The maximum atomic E-state index is 13.8. The molecule has 2 atom stereocenters. The number of benzene rings is 2. The molecule has 2 aromatic rings. The van der Waals surface area contributed by atoms with Crippen molar-refractivity contribution < 1.29 is 23.8 Å². The Morgan fingerprint density at radius 1 is 1.21 bits per heavy atom. The van der Waals surface area contributed by atoms with Gasteiger partial charge in [-0.3, -0.25) is 14.6 Å². The maximum absolute atomic E-state index is 13.8. The number of hydroxylamine groups is 1. The van der Waals surface area contributed by atoms with E-state index in [9.17, 15) is 9.36 Å². The fourth-order valence-corrected chi connectivity index (χ4v) is 5.76. The number of nitrogens with zero attached hydrogens (tertiary/aromatic N) is 1. The zero-order valence-electron chi connectivity index (χ0n) is 15.8. The Balaban J connectivity index is 1.86. The number of hydrogen-bond donors (Lipinski definition) is 2. The number of para-hydroxylation sites is 1. The van der Waals surface area contributed by atoms with Crippen molar-refractivity contribution in [2.24, 2.45) is 0 Å². The number of rotatable bonds is 7. The van der Waals surface area contributed by atoms with Crippen molar-refractivity contribution in [1.29, 1.82) is 0 Å². The van der Waals surface area contributed by atoms with E-state index in [0.29, 0.717) is 49.2 Å². The van der Waals surface area contributed by atoms with Crippen molar-refractivity contribution in [2.45, 2.75) is 32.2 Å². The molecular weight excluding hydrogens is 379 g/mol. The van der Waals surface area contributed by atoms with Gasteiger partial charge in [0.15, 0.2) is 0 Å². The van der Waals surface area contributed by atoms with Gasteiger partial charge in [0.1, 0.15) is 11.5 Å². The average molecular weight is 404 g/mol. The molecule has 1 aliphatic rings. The van der Waals surface area contributed by atoms with Crippen molar-refractivity contribution in [3.8, 4) is 11.5 Å². The predicted molar refractivity (Wildman–Crippen MR) is 106 cm³/mol. The van der Waals surface area contributed by atoms with Gasteiger partial charge in [-0.15, -0.1) is 0 Å². The highest BCUT2D eigenvalue weighted by Gasteiger charge is 2.43. The second-order valence-corrected chi connectivity index (χ2v) is 8.89. The van der Waals surface area contributed by atoms with E-state index in [0.717, 1.165) is 0 Å². The van der Waals surface area contributed by atoms with Crippen LogP contribution in [0.1, 0.15) is 26.2 Å². The molecule has 0 aliphatic carbocycles. The first kappa shape index (κ1) is 20.6. The molecule has 28 heavy (non-hydrogen) atoms. The Labute approximate surface area is 164 Å². The molecule has 1 aliphatic heterocycles. The van der Waals surface area contributed by atoms with Gasteiger partial charge in [-0.2, -0.15) is 0 Å². The summed E-state index contributed by atoms with van der Waals surface area (Å²) in [7, 11) is -3.43. The number of carbonyl (C=O) groups is 1. The van der Waals surface area contributed by atoms with E-state index in [1.807, 2.05) is 37.3 Å². The summed E-state index contributed by atoms with van der Waals surface area (Å²) in [6.07, 6.45) is 1.84. The molecule has 8 heteroatoms. The molecule has 0 saturated carbocycles. The zero-order valence-corrected chi connectivity index (χ0v) is 16.7. The van der Waals surface area contributed by atoms with Crippen LogP contribution in [0.25, 0.3) is 0 Å². The lowest BCUT2D eigenvalue weighted by molar-refractivity contribution is -0.133. The van der Waals surface area contributed by atoms with Crippen LogP contribution in [0.3, 0.4) is 0 Å². The summed E-state index contributed by atoms with van der Waals surface area (Å²) >= 11 is 0. The number of nitrogens with one attached hydrogen (secondary N) is 1. The number of ether oxygens (including phenoxy) is 1. The van der Waals surface area contributed by atoms with Crippen LogP contribution in [0.5, 0.6) is 11.5 Å². The van der Waals surface area contributed by atoms with Gasteiger partial charge in [-0.1, -0.05) is 31.5 Å². The Morgan fingerprint density at radius 3 is 2.54 bits per heavy atom. The first-order valence-corrected chi connectivity index (χ1v) is 11.0. The normalized spacial score (nSPS) is 21.1. The highest BCUT2D eigenvalue weighted by atomic mass is 31.2. The quantitative estimate of drug-likeness (QED) is 0.416. The average Bonchev–Trinajstić information content (AvgIpc) is 2.73. The largest absolute Gasteiger partial charge is 0.457 e. The molecule has 1 heterocycles. The molecule has 1 saturated heterocycles. The Kier molecular flexibility index (Phi) is 6.86. The van der Waals surface area contributed by atoms with Gasteiger partial charge in [0, 0.05) is 6.54 Å². The molecule has 7 nitrogen and oxygen atoms in total. The molecule has 3 rings (SSSR count). The van der Waals surface area contributed by atoms with Crippen molar-refractivity contribution in [1.82, 2.24) is 10.2 Å². The zero-order chi connectivity index (χ0) is 20.0. The van der Waals surface area contributed by atoms with Crippen molar-refractivity contribution in [2.75, 3.05) is 13.2 Å². The van der Waals surface area contributed by atoms with Gasteiger partial charge >= 0.3 is 7.52 Å². The third kappa shape index (κ3) is 4.45. The third-order valence-corrected chi connectivity index (χ3v) is 7.25. The summed E-state index contributed by atoms with van der Waals surface area (Å²) in [5, 5.41) is 9.61. The van der Waals surface area contributed by atoms with Crippen LogP contribution < -0.4 is 15.5 Å². The van der Waals surface area contributed by atoms with Crippen LogP contribution in [0.2, 0.25) is 0 Å². The molecule has 1 fully saturated rings. The minimum atomic E-state index is -3.43. The Morgan fingerprint density at radius 2 is 1.89 bits per heavy atom. The number of carbonyl (C=O) groups excluding carboxylic acids is 1. The van der Waals surface area contributed by atoms with Crippen molar-refractivity contribution in [3.05, 3.63) is 54.6 Å². The highest BCUT2D eigenvalue weighted by molar-refractivity contribution is 7.64. The van der Waals surface area contributed by atoms with E-state index in [-0.39, 0.29) is 0 Å². The topological polar surface area (TPSA) is 88.1 Å². The lowest BCUT2D eigenvalue weighted by atomic mass is 10.1. The summed E-state index contributed by atoms with van der Waals surface area (Å²) in [6, 6.07) is 15.5. The number of amides is 1. The monoisotopic (exact) mass is 404 g/mol. The van der Waals surface area contributed by atoms with E-state index in [2.05, 4.69) is 0 Å². The van der Waals surface area contributed by atoms with Crippen molar-refractivity contribution in [3.63, 3.8) is 0 Å². The van der Waals surface area contributed by atoms with Gasteiger partial charge in [-0.05, 0) is 49.2 Å². The first-order valence-electron chi connectivity index (χ1n) is 9.37. The smallest absolute Gasteiger partial charge is 0.303 e. The second kappa shape index (κ2) is 9.34. The SMILES string of the molecule is CCC[C@H](C(=O)NO)N1CCCOP1(=O)c1ccc(Oc2ccccc2)cc1. The molecule has 1 amide bonds. The van der Waals surface area contributed by atoms with E-state index >= 15 is 0 Å². The third-order valence-electron chi connectivity index (χ3n) is 4.61. The molecule has 2 N–H and O–H groups in total. The lowest BCUT2D eigenvalue weighted by Crippen LogP contribution is -2.48. The fourth-order valence-electron chi connectivity index (χ4n) is 3.27. The van der Waals surface area contributed by atoms with Crippen molar-refractivity contribution >= 4 is 18.7 Å². The van der Waals surface area contributed by atoms with Crippen LogP contribution in [0.15, 0.2) is 54.6 Å². The van der Waals surface area contributed by atoms with Gasteiger partial charge in [-0.25, -0.2) is 10.2 Å². The van der Waals surface area contributed by atoms with Crippen LogP contribution >= 0.6 is 7.52 Å². The predicted octanol–water partition coefficient (Wildman–Crippen LogP) is 3.69. The van der Waals surface area contributed by atoms with E-state index in [4.69, 9.17) is 14.5 Å². The molecular formula is C20H25N2O5P.